The summed E-state index contributed by atoms with van der Waals surface area (Å²) >= 11 is 0. The molecule has 1 atom stereocenters. The lowest BCUT2D eigenvalue weighted by Gasteiger charge is -2.43. The van der Waals surface area contributed by atoms with Gasteiger partial charge in [-0.15, -0.1) is 0 Å². The second-order valence-electron chi connectivity index (χ2n) is 8.03. The van der Waals surface area contributed by atoms with Crippen molar-refractivity contribution in [3.8, 4) is 0 Å². The summed E-state index contributed by atoms with van der Waals surface area (Å²) in [6.07, 6.45) is 5.97. The Balaban J connectivity index is 1.44. The lowest BCUT2D eigenvalue weighted by molar-refractivity contribution is -0.143. The third-order valence-corrected chi connectivity index (χ3v) is 6.43. The highest BCUT2D eigenvalue weighted by Gasteiger charge is 2.40. The molecule has 8 nitrogen and oxygen atoms in total. The summed E-state index contributed by atoms with van der Waals surface area (Å²) in [5.74, 6) is 0.708. The van der Waals surface area contributed by atoms with E-state index in [1.165, 1.54) is 0 Å². The van der Waals surface area contributed by atoms with E-state index in [2.05, 4.69) is 9.97 Å². The van der Waals surface area contributed by atoms with E-state index in [0.717, 1.165) is 56.6 Å². The van der Waals surface area contributed by atoms with Crippen LogP contribution in [0.1, 0.15) is 43.1 Å². The molecule has 1 N–H and O–H groups in total. The van der Waals surface area contributed by atoms with Crippen LogP contribution in [0.2, 0.25) is 0 Å². The summed E-state index contributed by atoms with van der Waals surface area (Å²) < 4.78 is 10.5. The molecule has 3 aliphatic heterocycles. The summed E-state index contributed by atoms with van der Waals surface area (Å²) in [5.41, 5.74) is 2.12. The van der Waals surface area contributed by atoms with Gasteiger partial charge in [-0.1, -0.05) is 0 Å². The van der Waals surface area contributed by atoms with Crippen molar-refractivity contribution in [1.82, 2.24) is 19.8 Å². The van der Waals surface area contributed by atoms with E-state index in [1.807, 2.05) is 9.80 Å². The number of fused-ring (bicyclic) bond motifs is 1. The first-order valence-corrected chi connectivity index (χ1v) is 10.4. The molecule has 28 heavy (non-hydrogen) atoms. The van der Waals surface area contributed by atoms with Crippen molar-refractivity contribution >= 4 is 11.8 Å². The van der Waals surface area contributed by atoms with Crippen LogP contribution in [-0.4, -0.2) is 78.1 Å². The first-order chi connectivity index (χ1) is 13.7. The molecule has 1 aromatic heterocycles. The number of H-pyrrole nitrogens is 1. The molecule has 154 valence electrons. The molecule has 1 unspecified atom stereocenters. The highest BCUT2D eigenvalue weighted by atomic mass is 16.5. The van der Waals surface area contributed by atoms with E-state index < -0.39 is 0 Å². The summed E-state index contributed by atoms with van der Waals surface area (Å²) in [5, 5.41) is 0. The Hall–Kier alpha value is -1.93. The van der Waals surface area contributed by atoms with E-state index in [4.69, 9.17) is 9.47 Å². The van der Waals surface area contributed by atoms with Crippen molar-refractivity contribution in [2.24, 2.45) is 11.8 Å². The van der Waals surface area contributed by atoms with Gasteiger partial charge >= 0.3 is 0 Å². The first kappa shape index (κ1) is 19.4. The Bertz CT molecular complexity index is 692. The maximum Gasteiger partial charge on any atom is 0.249 e. The number of nitrogens with zero attached hydrogens (tertiary/aromatic N) is 3. The third-order valence-electron chi connectivity index (χ3n) is 6.43. The van der Waals surface area contributed by atoms with Crippen LogP contribution in [0.15, 0.2) is 6.33 Å². The zero-order valence-corrected chi connectivity index (χ0v) is 16.6. The van der Waals surface area contributed by atoms with Crippen molar-refractivity contribution in [3.05, 3.63) is 17.7 Å². The van der Waals surface area contributed by atoms with Gasteiger partial charge in [-0.2, -0.15) is 0 Å². The van der Waals surface area contributed by atoms with Gasteiger partial charge < -0.3 is 24.3 Å². The standard InChI is InChI=1S/C20H30N4O4/c1-27-12-17(25)24-9-4-16-18(22-13-21-16)19(24)14-2-7-23(8-3-14)20(26)15-5-10-28-11-6-15/h13-15,19H,2-12H2,1H3,(H,21,22). The van der Waals surface area contributed by atoms with E-state index in [-0.39, 0.29) is 30.4 Å². The van der Waals surface area contributed by atoms with Gasteiger partial charge in [0.1, 0.15) is 6.61 Å². The van der Waals surface area contributed by atoms with Crippen LogP contribution < -0.4 is 0 Å². The lowest BCUT2D eigenvalue weighted by atomic mass is 9.83. The summed E-state index contributed by atoms with van der Waals surface area (Å²) in [7, 11) is 1.55. The molecule has 4 heterocycles. The molecule has 2 saturated heterocycles. The Morgan fingerprint density at radius 3 is 2.68 bits per heavy atom. The van der Waals surface area contributed by atoms with E-state index in [9.17, 15) is 9.59 Å². The molecule has 3 aliphatic rings. The molecule has 2 fully saturated rings. The van der Waals surface area contributed by atoms with Crippen LogP contribution in [0.5, 0.6) is 0 Å². The Morgan fingerprint density at radius 1 is 1.21 bits per heavy atom. The molecule has 0 aliphatic carbocycles. The number of aromatic amines is 1. The zero-order valence-electron chi connectivity index (χ0n) is 16.6. The number of piperidine rings is 1. The second-order valence-corrected chi connectivity index (χ2v) is 8.03. The number of likely N-dealkylation sites (tertiary alicyclic amines) is 1. The SMILES string of the molecule is COCC(=O)N1CCc2[nH]cnc2C1C1CCN(C(=O)C2CCOCC2)CC1. The maximum atomic E-state index is 12.8. The number of amides is 2. The van der Waals surface area contributed by atoms with E-state index in [1.54, 1.807) is 13.4 Å². The summed E-state index contributed by atoms with van der Waals surface area (Å²) in [6, 6.07) is -0.0296. The molecular weight excluding hydrogens is 360 g/mol. The van der Waals surface area contributed by atoms with Gasteiger partial charge in [-0.3, -0.25) is 9.59 Å². The number of hydrogen-bond donors (Lipinski definition) is 1. The third kappa shape index (κ3) is 3.80. The Kier molecular flexibility index (Phi) is 5.96. The van der Waals surface area contributed by atoms with E-state index in [0.29, 0.717) is 25.7 Å². The molecule has 4 rings (SSSR count). The van der Waals surface area contributed by atoms with Gasteiger partial charge in [-0.05, 0) is 31.6 Å². The van der Waals surface area contributed by atoms with Gasteiger partial charge in [0.2, 0.25) is 11.8 Å². The first-order valence-electron chi connectivity index (χ1n) is 10.4. The van der Waals surface area contributed by atoms with Crippen LogP contribution >= 0.6 is 0 Å². The monoisotopic (exact) mass is 390 g/mol. The number of carbonyl (C=O) groups is 2. The topological polar surface area (TPSA) is 87.8 Å². The van der Waals surface area contributed by atoms with Gasteiger partial charge in [0, 0.05) is 58.0 Å². The molecule has 0 radical (unpaired) electrons. The quantitative estimate of drug-likeness (QED) is 0.833. The Labute approximate surface area is 165 Å². The van der Waals surface area contributed by atoms with Crippen LogP contribution in [0.4, 0.5) is 0 Å². The molecule has 2 amide bonds. The minimum absolute atomic E-state index is 0.0156. The summed E-state index contributed by atoms with van der Waals surface area (Å²) in [6.45, 7) is 3.66. The number of methoxy groups -OCH3 is 1. The molecule has 8 heteroatoms. The molecule has 0 spiro atoms. The number of ether oxygens (including phenoxy) is 2. The van der Waals surface area contributed by atoms with Crippen LogP contribution in [0, 0.1) is 11.8 Å². The van der Waals surface area contributed by atoms with Crippen molar-refractivity contribution in [3.63, 3.8) is 0 Å². The molecule has 1 aromatic rings. The number of imidazole rings is 1. The maximum absolute atomic E-state index is 12.8. The number of aromatic nitrogens is 2. The van der Waals surface area contributed by atoms with Crippen LogP contribution in [-0.2, 0) is 25.5 Å². The number of carbonyl (C=O) groups excluding carboxylic acids is 2. The largest absolute Gasteiger partial charge is 0.381 e. The average molecular weight is 390 g/mol. The fourth-order valence-electron chi connectivity index (χ4n) is 4.91. The molecule has 0 aromatic carbocycles. The van der Waals surface area contributed by atoms with Gasteiger partial charge in [-0.25, -0.2) is 4.98 Å². The molecular formula is C20H30N4O4. The average Bonchev–Trinajstić information content (AvgIpc) is 3.22. The lowest BCUT2D eigenvalue weighted by Crippen LogP contribution is -2.49. The van der Waals surface area contributed by atoms with Crippen molar-refractivity contribution < 1.29 is 19.1 Å². The van der Waals surface area contributed by atoms with Gasteiger partial charge in [0.25, 0.3) is 0 Å². The van der Waals surface area contributed by atoms with E-state index >= 15 is 0 Å². The number of hydrogen-bond acceptors (Lipinski definition) is 5. The fourth-order valence-corrected chi connectivity index (χ4v) is 4.91. The van der Waals surface area contributed by atoms with Gasteiger partial charge in [0.15, 0.2) is 0 Å². The molecule has 0 bridgehead atoms. The van der Waals surface area contributed by atoms with Crippen LogP contribution in [0.25, 0.3) is 0 Å². The van der Waals surface area contributed by atoms with Crippen molar-refractivity contribution in [2.45, 2.75) is 38.1 Å². The molecule has 0 saturated carbocycles. The predicted octanol–water partition coefficient (Wildman–Crippen LogP) is 1.15. The number of nitrogens with one attached hydrogen (secondary N) is 1. The predicted molar refractivity (Wildman–Crippen MR) is 101 cm³/mol. The normalized spacial score (nSPS) is 24.2. The minimum Gasteiger partial charge on any atom is -0.381 e. The Morgan fingerprint density at radius 2 is 1.96 bits per heavy atom. The highest BCUT2D eigenvalue weighted by Crippen LogP contribution is 2.39. The smallest absolute Gasteiger partial charge is 0.249 e. The van der Waals surface area contributed by atoms with Crippen LogP contribution in [0.3, 0.4) is 0 Å². The minimum atomic E-state index is -0.0296. The second kappa shape index (κ2) is 8.61. The van der Waals surface area contributed by atoms with Gasteiger partial charge in [0.05, 0.1) is 18.1 Å². The highest BCUT2D eigenvalue weighted by molar-refractivity contribution is 5.79. The van der Waals surface area contributed by atoms with Crippen molar-refractivity contribution in [2.75, 3.05) is 46.6 Å². The van der Waals surface area contributed by atoms with Crippen molar-refractivity contribution in [1.29, 1.82) is 0 Å². The number of rotatable bonds is 4. The summed E-state index contributed by atoms with van der Waals surface area (Å²) in [4.78, 5) is 37.2. The zero-order chi connectivity index (χ0) is 19.5. The fraction of sp³-hybridized carbons (Fsp3) is 0.750.